The van der Waals surface area contributed by atoms with Crippen LogP contribution in [0.4, 0.5) is 5.69 Å². The summed E-state index contributed by atoms with van der Waals surface area (Å²) in [5, 5.41) is 3.44. The number of nitrogens with one attached hydrogen (secondary N) is 1. The van der Waals surface area contributed by atoms with Gasteiger partial charge in [-0.25, -0.2) is 4.98 Å². The largest absolute Gasteiger partial charge is 0.382 e. The van der Waals surface area contributed by atoms with E-state index in [0.29, 0.717) is 11.7 Å². The lowest BCUT2D eigenvalue weighted by Crippen LogP contribution is -2.22. The molecular formula is C12H18ClN3O. The zero-order valence-corrected chi connectivity index (χ0v) is 11.1. The van der Waals surface area contributed by atoms with Crippen molar-refractivity contribution in [1.82, 2.24) is 4.98 Å². The molecule has 0 fully saturated rings. The van der Waals surface area contributed by atoms with E-state index in [1.54, 1.807) is 6.07 Å². The Hall–Kier alpha value is -1.29. The number of aryl methyl sites for hydroxylation is 1. The smallest absolute Gasteiger partial charge is 0.253 e. The highest BCUT2D eigenvalue weighted by molar-refractivity contribution is 6.33. The molecule has 0 atom stereocenters. The summed E-state index contributed by atoms with van der Waals surface area (Å²) >= 11 is 5.95. The summed E-state index contributed by atoms with van der Waals surface area (Å²) < 4.78 is 0. The van der Waals surface area contributed by atoms with Crippen molar-refractivity contribution in [3.05, 3.63) is 22.5 Å². The second kappa shape index (κ2) is 5.87. The van der Waals surface area contributed by atoms with Gasteiger partial charge in [0.2, 0.25) is 0 Å². The molecule has 0 aliphatic rings. The Morgan fingerprint density at radius 1 is 1.53 bits per heavy atom. The van der Waals surface area contributed by atoms with Crippen LogP contribution in [0.1, 0.15) is 42.7 Å². The van der Waals surface area contributed by atoms with Crippen LogP contribution in [0.2, 0.25) is 5.15 Å². The monoisotopic (exact) mass is 255 g/mol. The van der Waals surface area contributed by atoms with Gasteiger partial charge in [0.25, 0.3) is 5.91 Å². The fourth-order valence-electron chi connectivity index (χ4n) is 1.70. The van der Waals surface area contributed by atoms with Gasteiger partial charge in [-0.2, -0.15) is 0 Å². The third-order valence-electron chi connectivity index (χ3n) is 2.69. The first kappa shape index (κ1) is 13.8. The summed E-state index contributed by atoms with van der Waals surface area (Å²) in [5.74, 6) is -0.559. The third-order valence-corrected chi connectivity index (χ3v) is 2.97. The van der Waals surface area contributed by atoms with Gasteiger partial charge in [-0.1, -0.05) is 25.4 Å². The minimum absolute atomic E-state index is 0.158. The molecule has 1 aromatic heterocycles. The molecule has 0 unspecified atom stereocenters. The van der Waals surface area contributed by atoms with Gasteiger partial charge >= 0.3 is 0 Å². The van der Waals surface area contributed by atoms with Crippen LogP contribution in [0, 0.1) is 6.92 Å². The molecule has 1 amide bonds. The number of hydrogen-bond donors (Lipinski definition) is 2. The molecule has 0 bridgehead atoms. The third kappa shape index (κ3) is 3.33. The summed E-state index contributed by atoms with van der Waals surface area (Å²) in [6.45, 7) is 6.00. The van der Waals surface area contributed by atoms with Gasteiger partial charge in [0.1, 0.15) is 5.15 Å². The van der Waals surface area contributed by atoms with Crippen LogP contribution in [-0.2, 0) is 0 Å². The molecule has 0 aromatic carbocycles. The van der Waals surface area contributed by atoms with Gasteiger partial charge in [0.05, 0.1) is 11.3 Å². The molecule has 1 aromatic rings. The van der Waals surface area contributed by atoms with Crippen LogP contribution in [-0.4, -0.2) is 16.9 Å². The van der Waals surface area contributed by atoms with Gasteiger partial charge in [0.15, 0.2) is 0 Å². The molecule has 0 spiro atoms. The highest BCUT2D eigenvalue weighted by atomic mass is 35.5. The number of rotatable bonds is 5. The maximum atomic E-state index is 11.4. The van der Waals surface area contributed by atoms with E-state index in [9.17, 15) is 4.79 Å². The number of pyridine rings is 1. The van der Waals surface area contributed by atoms with Crippen LogP contribution < -0.4 is 11.1 Å². The summed E-state index contributed by atoms with van der Waals surface area (Å²) in [4.78, 5) is 15.4. The standard InChI is InChI=1S/C12H18ClN3O/c1-4-8(5-2)16-9-6-7(3)15-11(13)10(9)12(14)17/h6,8H,4-5H2,1-3H3,(H2,14,17)(H,15,16). The Bertz CT molecular complexity index is 416. The van der Waals surface area contributed by atoms with Gasteiger partial charge in [0, 0.05) is 11.7 Å². The van der Waals surface area contributed by atoms with Crippen LogP contribution in [0.5, 0.6) is 0 Å². The average Bonchev–Trinajstić information content (AvgIpc) is 2.24. The maximum Gasteiger partial charge on any atom is 0.253 e. The molecule has 0 radical (unpaired) electrons. The molecule has 1 rings (SSSR count). The summed E-state index contributed by atoms with van der Waals surface area (Å²) in [6, 6.07) is 2.09. The molecule has 5 heteroatoms. The van der Waals surface area contributed by atoms with Gasteiger partial charge in [-0.15, -0.1) is 0 Å². The molecule has 0 aliphatic heterocycles. The van der Waals surface area contributed by atoms with E-state index in [0.717, 1.165) is 18.5 Å². The number of halogens is 1. The Morgan fingerprint density at radius 2 is 2.12 bits per heavy atom. The fourth-order valence-corrected chi connectivity index (χ4v) is 2.02. The summed E-state index contributed by atoms with van der Waals surface area (Å²) in [6.07, 6.45) is 1.93. The summed E-state index contributed by atoms with van der Waals surface area (Å²) in [5.41, 5.74) is 7.02. The molecule has 0 aliphatic carbocycles. The number of primary amides is 1. The minimum atomic E-state index is -0.559. The number of anilines is 1. The lowest BCUT2D eigenvalue weighted by atomic mass is 10.1. The van der Waals surface area contributed by atoms with Crippen LogP contribution in [0.25, 0.3) is 0 Å². The Labute approximate surface area is 107 Å². The van der Waals surface area contributed by atoms with Crippen LogP contribution >= 0.6 is 11.6 Å². The predicted octanol–water partition coefficient (Wildman–Crippen LogP) is 2.74. The number of hydrogen-bond acceptors (Lipinski definition) is 3. The lowest BCUT2D eigenvalue weighted by molar-refractivity contribution is 0.100. The van der Waals surface area contributed by atoms with Crippen molar-refractivity contribution in [3.63, 3.8) is 0 Å². The highest BCUT2D eigenvalue weighted by Gasteiger charge is 2.16. The SMILES string of the molecule is CCC(CC)Nc1cc(C)nc(Cl)c1C(N)=O. The minimum Gasteiger partial charge on any atom is -0.382 e. The molecule has 3 N–H and O–H groups in total. The zero-order valence-electron chi connectivity index (χ0n) is 10.4. The molecular weight excluding hydrogens is 238 g/mol. The van der Waals surface area contributed by atoms with Crippen molar-refractivity contribution in [2.75, 3.05) is 5.32 Å². The lowest BCUT2D eigenvalue weighted by Gasteiger charge is -2.19. The number of aromatic nitrogens is 1. The van der Waals surface area contributed by atoms with Crippen molar-refractivity contribution < 1.29 is 4.79 Å². The van der Waals surface area contributed by atoms with Crippen molar-refractivity contribution in [2.24, 2.45) is 5.73 Å². The van der Waals surface area contributed by atoms with E-state index in [1.807, 2.05) is 6.92 Å². The van der Waals surface area contributed by atoms with Crippen molar-refractivity contribution >= 4 is 23.2 Å². The Morgan fingerprint density at radius 3 is 2.59 bits per heavy atom. The molecule has 17 heavy (non-hydrogen) atoms. The summed E-state index contributed by atoms with van der Waals surface area (Å²) in [7, 11) is 0. The second-order valence-corrected chi connectivity index (χ2v) is 4.36. The van der Waals surface area contributed by atoms with Gasteiger partial charge in [-0.3, -0.25) is 4.79 Å². The van der Waals surface area contributed by atoms with Crippen molar-refractivity contribution in [3.8, 4) is 0 Å². The molecule has 0 saturated carbocycles. The predicted molar refractivity (Wildman–Crippen MR) is 70.5 cm³/mol. The van der Waals surface area contributed by atoms with E-state index in [1.165, 1.54) is 0 Å². The van der Waals surface area contributed by atoms with E-state index in [-0.39, 0.29) is 10.7 Å². The average molecular weight is 256 g/mol. The number of nitrogens with zero attached hydrogens (tertiary/aromatic N) is 1. The Balaban J connectivity index is 3.16. The number of amides is 1. The number of carbonyl (C=O) groups is 1. The fraction of sp³-hybridized carbons (Fsp3) is 0.500. The molecule has 0 saturated heterocycles. The van der Waals surface area contributed by atoms with Gasteiger partial charge < -0.3 is 11.1 Å². The second-order valence-electron chi connectivity index (χ2n) is 4.00. The normalized spacial score (nSPS) is 10.6. The number of nitrogens with two attached hydrogens (primary N) is 1. The molecule has 4 nitrogen and oxygen atoms in total. The van der Waals surface area contributed by atoms with Crippen LogP contribution in [0.3, 0.4) is 0 Å². The van der Waals surface area contributed by atoms with Crippen LogP contribution in [0.15, 0.2) is 6.07 Å². The van der Waals surface area contributed by atoms with E-state index in [4.69, 9.17) is 17.3 Å². The highest BCUT2D eigenvalue weighted by Crippen LogP contribution is 2.24. The molecule has 1 heterocycles. The number of carbonyl (C=O) groups excluding carboxylic acids is 1. The zero-order chi connectivity index (χ0) is 13.0. The van der Waals surface area contributed by atoms with E-state index < -0.39 is 5.91 Å². The first-order valence-corrected chi connectivity index (χ1v) is 6.10. The van der Waals surface area contributed by atoms with Gasteiger partial charge in [-0.05, 0) is 25.8 Å². The van der Waals surface area contributed by atoms with Crippen molar-refractivity contribution in [2.45, 2.75) is 39.7 Å². The first-order valence-electron chi connectivity index (χ1n) is 5.73. The van der Waals surface area contributed by atoms with E-state index >= 15 is 0 Å². The first-order chi connectivity index (χ1) is 7.99. The topological polar surface area (TPSA) is 68.0 Å². The van der Waals surface area contributed by atoms with Crippen molar-refractivity contribution in [1.29, 1.82) is 0 Å². The maximum absolute atomic E-state index is 11.4. The van der Waals surface area contributed by atoms with E-state index in [2.05, 4.69) is 24.1 Å². The quantitative estimate of drug-likeness (QED) is 0.795. The Kier molecular flexibility index (Phi) is 4.75. The molecule has 94 valence electrons.